The molecule has 29 heavy (non-hydrogen) atoms. The topological polar surface area (TPSA) is 83.6 Å². The SMILES string of the molecule is CCN(c1ccccc1)S(=O)(=O)c1ccccc1NS(=O)(=O)c1ccc(C)cc1. The summed E-state index contributed by atoms with van der Waals surface area (Å²) in [6.45, 7) is 3.78. The molecular formula is C21H22N2O4S2. The molecule has 1 N–H and O–H groups in total. The number of benzene rings is 3. The van der Waals surface area contributed by atoms with Gasteiger partial charge in [0.2, 0.25) is 0 Å². The summed E-state index contributed by atoms with van der Waals surface area (Å²) < 4.78 is 55.9. The Hall–Kier alpha value is -2.84. The second-order valence-corrected chi connectivity index (χ2v) is 9.93. The molecule has 152 valence electrons. The summed E-state index contributed by atoms with van der Waals surface area (Å²) >= 11 is 0. The molecular weight excluding hydrogens is 408 g/mol. The van der Waals surface area contributed by atoms with Gasteiger partial charge < -0.3 is 0 Å². The van der Waals surface area contributed by atoms with Crippen molar-refractivity contribution in [3.63, 3.8) is 0 Å². The van der Waals surface area contributed by atoms with Crippen molar-refractivity contribution in [2.45, 2.75) is 23.6 Å². The van der Waals surface area contributed by atoms with Gasteiger partial charge in [0, 0.05) is 6.54 Å². The van der Waals surface area contributed by atoms with Gasteiger partial charge >= 0.3 is 0 Å². The van der Waals surface area contributed by atoms with Crippen LogP contribution in [0.5, 0.6) is 0 Å². The Labute approximate surface area is 171 Å². The third-order valence-electron chi connectivity index (χ3n) is 4.36. The Morgan fingerprint density at radius 2 is 1.38 bits per heavy atom. The van der Waals surface area contributed by atoms with E-state index >= 15 is 0 Å². The van der Waals surface area contributed by atoms with E-state index in [1.807, 2.05) is 6.92 Å². The molecule has 0 atom stereocenters. The highest BCUT2D eigenvalue weighted by atomic mass is 32.2. The molecule has 0 aliphatic heterocycles. The van der Waals surface area contributed by atoms with Gasteiger partial charge in [-0.1, -0.05) is 48.0 Å². The molecule has 0 aliphatic rings. The van der Waals surface area contributed by atoms with Gasteiger partial charge in [0.25, 0.3) is 20.0 Å². The van der Waals surface area contributed by atoms with Crippen LogP contribution in [0.2, 0.25) is 0 Å². The van der Waals surface area contributed by atoms with Crippen LogP contribution in [0, 0.1) is 6.92 Å². The lowest BCUT2D eigenvalue weighted by molar-refractivity contribution is 0.592. The van der Waals surface area contributed by atoms with E-state index in [0.717, 1.165) is 5.56 Å². The average Bonchev–Trinajstić information content (AvgIpc) is 2.69. The molecule has 0 spiro atoms. The largest absolute Gasteiger partial charge is 0.278 e. The van der Waals surface area contributed by atoms with Crippen LogP contribution in [0.25, 0.3) is 0 Å². The number of hydrogen-bond acceptors (Lipinski definition) is 4. The highest BCUT2D eigenvalue weighted by Gasteiger charge is 2.28. The zero-order chi connectivity index (χ0) is 21.1. The molecule has 0 fully saturated rings. The smallest absolute Gasteiger partial charge is 0.266 e. The summed E-state index contributed by atoms with van der Waals surface area (Å²) in [5.74, 6) is 0. The van der Waals surface area contributed by atoms with Gasteiger partial charge in [0.1, 0.15) is 4.90 Å². The third-order valence-corrected chi connectivity index (χ3v) is 7.70. The number of hydrogen-bond donors (Lipinski definition) is 1. The van der Waals surface area contributed by atoms with E-state index in [-0.39, 0.29) is 22.0 Å². The molecule has 0 saturated carbocycles. The van der Waals surface area contributed by atoms with Gasteiger partial charge in [0.15, 0.2) is 0 Å². The zero-order valence-corrected chi connectivity index (χ0v) is 17.7. The van der Waals surface area contributed by atoms with Crippen LogP contribution in [0.4, 0.5) is 11.4 Å². The maximum Gasteiger partial charge on any atom is 0.266 e. The maximum atomic E-state index is 13.3. The number of para-hydroxylation sites is 2. The Kier molecular flexibility index (Phi) is 5.95. The van der Waals surface area contributed by atoms with Crippen LogP contribution in [0.3, 0.4) is 0 Å². The van der Waals surface area contributed by atoms with E-state index in [1.165, 1.54) is 28.6 Å². The van der Waals surface area contributed by atoms with Gasteiger partial charge in [-0.15, -0.1) is 0 Å². The lowest BCUT2D eigenvalue weighted by Gasteiger charge is -2.24. The third kappa shape index (κ3) is 4.44. The summed E-state index contributed by atoms with van der Waals surface area (Å²) in [5.41, 5.74) is 1.43. The number of sulfonamides is 2. The van der Waals surface area contributed by atoms with Crippen molar-refractivity contribution in [2.24, 2.45) is 0 Å². The van der Waals surface area contributed by atoms with E-state index in [1.54, 1.807) is 61.5 Å². The number of aryl methyl sites for hydroxylation is 1. The Morgan fingerprint density at radius 3 is 2.00 bits per heavy atom. The lowest BCUT2D eigenvalue weighted by atomic mass is 10.2. The molecule has 3 aromatic carbocycles. The molecule has 8 heteroatoms. The average molecular weight is 431 g/mol. The van der Waals surface area contributed by atoms with Crippen molar-refractivity contribution in [1.29, 1.82) is 0 Å². The van der Waals surface area contributed by atoms with Crippen LogP contribution in [0.15, 0.2) is 88.7 Å². The van der Waals surface area contributed by atoms with Gasteiger partial charge in [-0.25, -0.2) is 16.8 Å². The van der Waals surface area contributed by atoms with Gasteiger partial charge in [-0.05, 0) is 50.2 Å². The Morgan fingerprint density at radius 1 is 0.793 bits per heavy atom. The molecule has 0 radical (unpaired) electrons. The molecule has 0 bridgehead atoms. The minimum Gasteiger partial charge on any atom is -0.278 e. The molecule has 0 saturated heterocycles. The maximum absolute atomic E-state index is 13.3. The van der Waals surface area contributed by atoms with E-state index in [2.05, 4.69) is 4.72 Å². The van der Waals surface area contributed by atoms with Crippen molar-refractivity contribution in [1.82, 2.24) is 0 Å². The van der Waals surface area contributed by atoms with Crippen molar-refractivity contribution < 1.29 is 16.8 Å². The van der Waals surface area contributed by atoms with Crippen molar-refractivity contribution in [2.75, 3.05) is 15.6 Å². The fraction of sp³-hybridized carbons (Fsp3) is 0.143. The second kappa shape index (κ2) is 8.26. The molecule has 3 aromatic rings. The first-order valence-electron chi connectivity index (χ1n) is 9.02. The van der Waals surface area contributed by atoms with Crippen molar-refractivity contribution in [3.05, 3.63) is 84.4 Å². The standard InChI is InChI=1S/C21H22N2O4S2/c1-3-23(18-9-5-4-6-10-18)29(26,27)21-12-8-7-11-20(21)22-28(24,25)19-15-13-17(2)14-16-19/h4-16,22H,3H2,1-2H3. The van der Waals surface area contributed by atoms with Crippen LogP contribution in [-0.2, 0) is 20.0 Å². The normalized spacial score (nSPS) is 11.8. The Balaban J connectivity index is 2.03. The first-order valence-corrected chi connectivity index (χ1v) is 11.9. The van der Waals surface area contributed by atoms with Crippen LogP contribution < -0.4 is 9.03 Å². The molecule has 6 nitrogen and oxygen atoms in total. The summed E-state index contributed by atoms with van der Waals surface area (Å²) in [6.07, 6.45) is 0. The fourth-order valence-electron chi connectivity index (χ4n) is 2.90. The molecule has 3 rings (SSSR count). The Bertz CT molecular complexity index is 1190. The highest BCUT2D eigenvalue weighted by Crippen LogP contribution is 2.29. The number of nitrogens with zero attached hydrogens (tertiary/aromatic N) is 1. The summed E-state index contributed by atoms with van der Waals surface area (Å²) in [4.78, 5) is -0.0490. The van der Waals surface area contributed by atoms with Gasteiger partial charge in [0.05, 0.1) is 16.3 Å². The van der Waals surface area contributed by atoms with Gasteiger partial charge in [-0.3, -0.25) is 9.03 Å². The predicted molar refractivity (Wildman–Crippen MR) is 115 cm³/mol. The lowest BCUT2D eigenvalue weighted by Crippen LogP contribution is -2.31. The minimum atomic E-state index is -3.99. The number of anilines is 2. The van der Waals surface area contributed by atoms with Crippen LogP contribution >= 0.6 is 0 Å². The van der Waals surface area contributed by atoms with Crippen LogP contribution in [-0.4, -0.2) is 23.4 Å². The van der Waals surface area contributed by atoms with E-state index in [4.69, 9.17) is 0 Å². The van der Waals surface area contributed by atoms with E-state index in [0.29, 0.717) is 5.69 Å². The highest BCUT2D eigenvalue weighted by molar-refractivity contribution is 7.94. The first-order chi connectivity index (χ1) is 13.8. The number of nitrogens with one attached hydrogen (secondary N) is 1. The van der Waals surface area contributed by atoms with Gasteiger partial charge in [-0.2, -0.15) is 0 Å². The molecule has 0 heterocycles. The van der Waals surface area contributed by atoms with Crippen LogP contribution in [0.1, 0.15) is 12.5 Å². The van der Waals surface area contributed by atoms with E-state index < -0.39 is 20.0 Å². The molecule has 0 amide bonds. The summed E-state index contributed by atoms with van der Waals surface area (Å²) in [5, 5.41) is 0. The van der Waals surface area contributed by atoms with Crippen molar-refractivity contribution >= 4 is 31.4 Å². The quantitative estimate of drug-likeness (QED) is 0.614. The predicted octanol–water partition coefficient (Wildman–Crippen LogP) is 4.01. The second-order valence-electron chi connectivity index (χ2n) is 6.42. The minimum absolute atomic E-state index is 0.00227. The first kappa shape index (κ1) is 20.9. The summed E-state index contributed by atoms with van der Waals surface area (Å²) in [6, 6.07) is 21.0. The fourth-order valence-corrected chi connectivity index (χ4v) is 5.67. The monoisotopic (exact) mass is 430 g/mol. The zero-order valence-electron chi connectivity index (χ0n) is 16.1. The summed E-state index contributed by atoms with van der Waals surface area (Å²) in [7, 11) is -7.93. The van der Waals surface area contributed by atoms with E-state index in [9.17, 15) is 16.8 Å². The molecule has 0 unspecified atom stereocenters. The number of rotatable bonds is 7. The van der Waals surface area contributed by atoms with Crippen molar-refractivity contribution in [3.8, 4) is 0 Å². The molecule has 0 aromatic heterocycles. The molecule has 0 aliphatic carbocycles.